The highest BCUT2D eigenvalue weighted by atomic mass is 35.5. The minimum atomic E-state index is 0.0425. The third kappa shape index (κ3) is 2.96. The summed E-state index contributed by atoms with van der Waals surface area (Å²) in [5.74, 6) is 0.581. The molecule has 0 saturated heterocycles. The van der Waals surface area contributed by atoms with Gasteiger partial charge in [0, 0.05) is 12.6 Å². The second-order valence-corrected chi connectivity index (χ2v) is 3.95. The van der Waals surface area contributed by atoms with Gasteiger partial charge in [0.15, 0.2) is 5.82 Å². The van der Waals surface area contributed by atoms with E-state index < -0.39 is 0 Å². The van der Waals surface area contributed by atoms with E-state index in [1.54, 1.807) is 0 Å². The second-order valence-electron chi connectivity index (χ2n) is 3.54. The molecular formula is C10H16ClN3O2. The van der Waals surface area contributed by atoms with E-state index in [-0.39, 0.29) is 18.7 Å². The molecule has 0 aliphatic carbocycles. The van der Waals surface area contributed by atoms with Gasteiger partial charge in [0.2, 0.25) is 0 Å². The number of hydrogen-bond donors (Lipinski definition) is 1. The van der Waals surface area contributed by atoms with Gasteiger partial charge in [-0.3, -0.25) is 0 Å². The molecule has 0 aromatic carbocycles. The molecule has 0 bridgehead atoms. The molecule has 6 heteroatoms. The van der Waals surface area contributed by atoms with Crippen molar-refractivity contribution in [3.05, 3.63) is 11.2 Å². The summed E-state index contributed by atoms with van der Waals surface area (Å²) in [6, 6.07) is 0.451. The number of methoxy groups -OCH3 is 1. The molecule has 1 rings (SSSR count). The molecule has 0 fully saturated rings. The van der Waals surface area contributed by atoms with Gasteiger partial charge >= 0.3 is 6.01 Å². The van der Waals surface area contributed by atoms with Crippen molar-refractivity contribution in [2.24, 2.45) is 0 Å². The zero-order chi connectivity index (χ0) is 12.1. The molecule has 0 aliphatic heterocycles. The summed E-state index contributed by atoms with van der Waals surface area (Å²) >= 11 is 6.02. The molecule has 5 nitrogen and oxygen atoms in total. The summed E-state index contributed by atoms with van der Waals surface area (Å²) in [4.78, 5) is 9.98. The maximum atomic E-state index is 9.00. The molecule has 1 heterocycles. The molecule has 0 radical (unpaired) electrons. The van der Waals surface area contributed by atoms with Crippen LogP contribution in [-0.4, -0.2) is 41.4 Å². The van der Waals surface area contributed by atoms with Crippen molar-refractivity contribution >= 4 is 17.4 Å². The number of aromatic nitrogens is 2. The fraction of sp³-hybridized carbons (Fsp3) is 0.600. The molecule has 0 spiro atoms. The van der Waals surface area contributed by atoms with E-state index in [0.29, 0.717) is 17.4 Å². The van der Waals surface area contributed by atoms with E-state index in [1.807, 2.05) is 18.7 Å². The van der Waals surface area contributed by atoms with Crippen LogP contribution in [0.1, 0.15) is 13.8 Å². The Balaban J connectivity index is 3.06. The summed E-state index contributed by atoms with van der Waals surface area (Å²) in [5.41, 5.74) is 0. The highest BCUT2D eigenvalue weighted by Crippen LogP contribution is 2.25. The van der Waals surface area contributed by atoms with Crippen LogP contribution in [0.5, 0.6) is 6.01 Å². The summed E-state index contributed by atoms with van der Waals surface area (Å²) in [7, 11) is 1.50. The second kappa shape index (κ2) is 5.86. The molecule has 0 saturated carbocycles. The molecule has 16 heavy (non-hydrogen) atoms. The molecule has 1 aromatic heterocycles. The average Bonchev–Trinajstić information content (AvgIpc) is 2.27. The number of anilines is 1. The standard InChI is InChI=1S/C10H16ClN3O2/c1-7(2)14(4-5-15)9-8(11)6-12-10(13-9)16-3/h6-7,15H,4-5H2,1-3H3. The van der Waals surface area contributed by atoms with Crippen LogP contribution in [0.25, 0.3) is 0 Å². The molecule has 1 N–H and O–H groups in total. The highest BCUT2D eigenvalue weighted by Gasteiger charge is 2.16. The molecule has 0 amide bonds. The quantitative estimate of drug-likeness (QED) is 0.849. The first-order valence-electron chi connectivity index (χ1n) is 5.04. The van der Waals surface area contributed by atoms with Crippen molar-refractivity contribution in [3.8, 4) is 6.01 Å². The SMILES string of the molecule is COc1ncc(Cl)c(N(CCO)C(C)C)n1. The van der Waals surface area contributed by atoms with Crippen molar-refractivity contribution in [2.45, 2.75) is 19.9 Å². The third-order valence-electron chi connectivity index (χ3n) is 2.12. The van der Waals surface area contributed by atoms with Crippen LogP contribution >= 0.6 is 11.6 Å². The van der Waals surface area contributed by atoms with E-state index >= 15 is 0 Å². The fourth-order valence-electron chi connectivity index (χ4n) is 1.36. The van der Waals surface area contributed by atoms with Crippen molar-refractivity contribution in [2.75, 3.05) is 25.2 Å². The van der Waals surface area contributed by atoms with Crippen molar-refractivity contribution < 1.29 is 9.84 Å². The predicted molar refractivity (Wildman–Crippen MR) is 63.2 cm³/mol. The van der Waals surface area contributed by atoms with E-state index in [9.17, 15) is 0 Å². The van der Waals surface area contributed by atoms with Crippen LogP contribution in [0.4, 0.5) is 5.82 Å². The van der Waals surface area contributed by atoms with E-state index in [0.717, 1.165) is 0 Å². The zero-order valence-corrected chi connectivity index (χ0v) is 10.4. The lowest BCUT2D eigenvalue weighted by Gasteiger charge is -2.27. The summed E-state index contributed by atoms with van der Waals surface area (Å²) in [6.45, 7) is 4.51. The van der Waals surface area contributed by atoms with Crippen LogP contribution in [-0.2, 0) is 0 Å². The first-order valence-corrected chi connectivity index (χ1v) is 5.42. The number of hydrogen-bond acceptors (Lipinski definition) is 5. The minimum Gasteiger partial charge on any atom is -0.467 e. The van der Waals surface area contributed by atoms with E-state index in [1.165, 1.54) is 13.3 Å². The maximum Gasteiger partial charge on any atom is 0.318 e. The van der Waals surface area contributed by atoms with Gasteiger partial charge in [-0.2, -0.15) is 4.98 Å². The summed E-state index contributed by atoms with van der Waals surface area (Å²) in [6.07, 6.45) is 1.50. The van der Waals surface area contributed by atoms with E-state index in [4.69, 9.17) is 21.4 Å². The van der Waals surface area contributed by atoms with Crippen LogP contribution in [0.2, 0.25) is 5.02 Å². The van der Waals surface area contributed by atoms with Gasteiger partial charge in [-0.15, -0.1) is 0 Å². The number of halogens is 1. The molecule has 0 atom stereocenters. The molecule has 1 aromatic rings. The first-order chi connectivity index (χ1) is 7.60. The molecule has 0 aliphatic rings. The van der Waals surface area contributed by atoms with Gasteiger partial charge in [-0.1, -0.05) is 11.6 Å². The van der Waals surface area contributed by atoms with Crippen LogP contribution in [0, 0.1) is 0 Å². The van der Waals surface area contributed by atoms with E-state index in [2.05, 4.69) is 9.97 Å². The fourth-order valence-corrected chi connectivity index (χ4v) is 1.56. The van der Waals surface area contributed by atoms with Crippen molar-refractivity contribution in [1.29, 1.82) is 0 Å². The third-order valence-corrected chi connectivity index (χ3v) is 2.39. The predicted octanol–water partition coefficient (Wildman–Crippen LogP) is 1.35. The zero-order valence-electron chi connectivity index (χ0n) is 9.64. The Hall–Kier alpha value is -1.07. The normalized spacial score (nSPS) is 10.6. The lowest BCUT2D eigenvalue weighted by Crippen LogP contribution is -2.34. The average molecular weight is 246 g/mol. The number of aliphatic hydroxyl groups is 1. The lowest BCUT2D eigenvalue weighted by atomic mass is 10.3. The maximum absolute atomic E-state index is 9.00. The largest absolute Gasteiger partial charge is 0.467 e. The monoisotopic (exact) mass is 245 g/mol. The summed E-state index contributed by atoms with van der Waals surface area (Å²) in [5, 5.41) is 9.45. The Bertz CT molecular complexity index is 347. The molecule has 0 unspecified atom stereocenters. The Kier molecular flexibility index (Phi) is 4.76. The number of nitrogens with zero attached hydrogens (tertiary/aromatic N) is 3. The van der Waals surface area contributed by atoms with Gasteiger partial charge < -0.3 is 14.7 Å². The van der Waals surface area contributed by atoms with Crippen LogP contribution in [0.3, 0.4) is 0 Å². The molecular weight excluding hydrogens is 230 g/mol. The van der Waals surface area contributed by atoms with Gasteiger partial charge in [0.05, 0.1) is 19.9 Å². The number of rotatable bonds is 5. The topological polar surface area (TPSA) is 58.5 Å². The smallest absolute Gasteiger partial charge is 0.318 e. The van der Waals surface area contributed by atoms with Crippen molar-refractivity contribution in [3.63, 3.8) is 0 Å². The summed E-state index contributed by atoms with van der Waals surface area (Å²) < 4.78 is 4.95. The Morgan fingerprint density at radius 3 is 2.75 bits per heavy atom. The Morgan fingerprint density at radius 2 is 2.25 bits per heavy atom. The van der Waals surface area contributed by atoms with Crippen molar-refractivity contribution in [1.82, 2.24) is 9.97 Å². The lowest BCUT2D eigenvalue weighted by molar-refractivity contribution is 0.298. The van der Waals surface area contributed by atoms with Crippen LogP contribution < -0.4 is 9.64 Å². The number of ether oxygens (including phenoxy) is 1. The van der Waals surface area contributed by atoms with Gasteiger partial charge in [0.1, 0.15) is 5.02 Å². The number of aliphatic hydroxyl groups excluding tert-OH is 1. The van der Waals surface area contributed by atoms with Crippen LogP contribution in [0.15, 0.2) is 6.20 Å². The first kappa shape index (κ1) is 13.0. The molecule has 90 valence electrons. The Morgan fingerprint density at radius 1 is 1.56 bits per heavy atom. The van der Waals surface area contributed by atoms with Gasteiger partial charge in [-0.05, 0) is 13.8 Å². The Labute approximate surface area is 100 Å². The minimum absolute atomic E-state index is 0.0425. The van der Waals surface area contributed by atoms with Gasteiger partial charge in [-0.25, -0.2) is 4.98 Å². The van der Waals surface area contributed by atoms with Gasteiger partial charge in [0.25, 0.3) is 0 Å². The highest BCUT2D eigenvalue weighted by molar-refractivity contribution is 6.32.